The lowest BCUT2D eigenvalue weighted by Gasteiger charge is -2.08. The van der Waals surface area contributed by atoms with Crippen LogP contribution in [-0.4, -0.2) is 18.1 Å². The molecule has 2 rings (SSSR count). The zero-order valence-corrected chi connectivity index (χ0v) is 7.33. The first-order chi connectivity index (χ1) is 6.42. The van der Waals surface area contributed by atoms with E-state index in [1.54, 1.807) is 12.3 Å². The van der Waals surface area contributed by atoms with E-state index in [0.717, 1.165) is 30.6 Å². The lowest BCUT2D eigenvalue weighted by molar-refractivity contribution is 0.756. The van der Waals surface area contributed by atoms with Gasteiger partial charge in [0.1, 0.15) is 0 Å². The van der Waals surface area contributed by atoms with E-state index in [0.29, 0.717) is 5.92 Å². The van der Waals surface area contributed by atoms with E-state index in [1.165, 1.54) is 0 Å². The van der Waals surface area contributed by atoms with E-state index in [1.807, 2.05) is 6.20 Å². The maximum Gasteiger partial charge on any atom is 0.0995 e. The SMILES string of the molecule is N#Cc1ccncc1C1CCNC1. The number of nitriles is 1. The van der Waals surface area contributed by atoms with Crippen molar-refractivity contribution < 1.29 is 0 Å². The van der Waals surface area contributed by atoms with Crippen LogP contribution in [0.15, 0.2) is 18.5 Å². The Balaban J connectivity index is 2.33. The minimum atomic E-state index is 0.475. The first-order valence-electron chi connectivity index (χ1n) is 4.46. The van der Waals surface area contributed by atoms with Crippen LogP contribution in [0.4, 0.5) is 0 Å². The second kappa shape index (κ2) is 3.55. The maximum atomic E-state index is 8.88. The van der Waals surface area contributed by atoms with Crippen molar-refractivity contribution in [2.75, 3.05) is 13.1 Å². The highest BCUT2D eigenvalue weighted by Crippen LogP contribution is 2.23. The quantitative estimate of drug-likeness (QED) is 0.690. The second-order valence-electron chi connectivity index (χ2n) is 3.26. The van der Waals surface area contributed by atoms with Crippen LogP contribution in [-0.2, 0) is 0 Å². The van der Waals surface area contributed by atoms with Crippen LogP contribution in [0.25, 0.3) is 0 Å². The average Bonchev–Trinajstić information content (AvgIpc) is 2.70. The van der Waals surface area contributed by atoms with Gasteiger partial charge in [0.25, 0.3) is 0 Å². The summed E-state index contributed by atoms with van der Waals surface area (Å²) >= 11 is 0. The highest BCUT2D eigenvalue weighted by Gasteiger charge is 2.19. The number of hydrogen-bond acceptors (Lipinski definition) is 3. The van der Waals surface area contributed by atoms with Crippen LogP contribution in [0.2, 0.25) is 0 Å². The Morgan fingerprint density at radius 1 is 1.62 bits per heavy atom. The van der Waals surface area contributed by atoms with Crippen LogP contribution >= 0.6 is 0 Å². The van der Waals surface area contributed by atoms with Crippen molar-refractivity contribution in [3.05, 3.63) is 29.6 Å². The molecular formula is C10H11N3. The third-order valence-electron chi connectivity index (χ3n) is 2.47. The summed E-state index contributed by atoms with van der Waals surface area (Å²) in [4.78, 5) is 4.06. The summed E-state index contributed by atoms with van der Waals surface area (Å²) in [5.41, 5.74) is 1.86. The minimum Gasteiger partial charge on any atom is -0.316 e. The highest BCUT2D eigenvalue weighted by atomic mass is 14.9. The van der Waals surface area contributed by atoms with E-state index in [9.17, 15) is 0 Å². The molecule has 1 aliphatic rings. The Hall–Kier alpha value is -1.40. The number of hydrogen-bond donors (Lipinski definition) is 1. The summed E-state index contributed by atoms with van der Waals surface area (Å²) in [6.45, 7) is 2.02. The molecule has 0 bridgehead atoms. The van der Waals surface area contributed by atoms with E-state index in [-0.39, 0.29) is 0 Å². The maximum absolute atomic E-state index is 8.88. The zero-order chi connectivity index (χ0) is 9.10. The molecule has 3 heteroatoms. The van der Waals surface area contributed by atoms with Crippen LogP contribution in [0.5, 0.6) is 0 Å². The Morgan fingerprint density at radius 2 is 2.54 bits per heavy atom. The molecule has 66 valence electrons. The van der Waals surface area contributed by atoms with Gasteiger partial charge in [-0.05, 0) is 24.6 Å². The molecule has 1 fully saturated rings. The lowest BCUT2D eigenvalue weighted by Crippen LogP contribution is -2.09. The fraction of sp³-hybridized carbons (Fsp3) is 0.400. The summed E-state index contributed by atoms with van der Waals surface area (Å²) in [5, 5.41) is 12.2. The van der Waals surface area contributed by atoms with Gasteiger partial charge in [-0.1, -0.05) is 0 Å². The number of nitrogens with one attached hydrogen (secondary N) is 1. The number of aromatic nitrogens is 1. The lowest BCUT2D eigenvalue weighted by atomic mass is 9.96. The largest absolute Gasteiger partial charge is 0.316 e. The van der Waals surface area contributed by atoms with Crippen LogP contribution in [0.3, 0.4) is 0 Å². The third-order valence-corrected chi connectivity index (χ3v) is 2.47. The molecule has 0 spiro atoms. The average molecular weight is 173 g/mol. The van der Waals surface area contributed by atoms with Gasteiger partial charge in [-0.3, -0.25) is 4.98 Å². The molecule has 0 aliphatic carbocycles. The van der Waals surface area contributed by atoms with E-state index >= 15 is 0 Å². The standard InChI is InChI=1S/C10H11N3/c11-5-8-1-3-13-7-10(8)9-2-4-12-6-9/h1,3,7,9,12H,2,4,6H2. The summed E-state index contributed by atoms with van der Waals surface area (Å²) in [5.74, 6) is 0.475. The van der Waals surface area contributed by atoms with Crippen molar-refractivity contribution >= 4 is 0 Å². The number of rotatable bonds is 1. The molecule has 13 heavy (non-hydrogen) atoms. The molecule has 0 aromatic carbocycles. The van der Waals surface area contributed by atoms with Crippen molar-refractivity contribution in [3.8, 4) is 6.07 Å². The number of pyridine rings is 1. The Morgan fingerprint density at radius 3 is 3.23 bits per heavy atom. The van der Waals surface area contributed by atoms with Gasteiger partial charge in [0.05, 0.1) is 11.6 Å². The van der Waals surface area contributed by atoms with E-state index < -0.39 is 0 Å². The van der Waals surface area contributed by atoms with Gasteiger partial charge < -0.3 is 5.32 Å². The molecular weight excluding hydrogens is 162 g/mol. The van der Waals surface area contributed by atoms with Gasteiger partial charge in [-0.25, -0.2) is 0 Å². The Bertz CT molecular complexity index is 334. The van der Waals surface area contributed by atoms with Crippen molar-refractivity contribution in [2.24, 2.45) is 0 Å². The van der Waals surface area contributed by atoms with Crippen molar-refractivity contribution in [2.45, 2.75) is 12.3 Å². The predicted octanol–water partition coefficient (Wildman–Crippen LogP) is 1.03. The Labute approximate surface area is 77.4 Å². The fourth-order valence-corrected chi connectivity index (χ4v) is 1.75. The first kappa shape index (κ1) is 8.21. The summed E-state index contributed by atoms with van der Waals surface area (Å²) in [6, 6.07) is 3.99. The van der Waals surface area contributed by atoms with Gasteiger partial charge in [0.2, 0.25) is 0 Å². The second-order valence-corrected chi connectivity index (χ2v) is 3.26. The molecule has 1 N–H and O–H groups in total. The number of nitrogens with zero attached hydrogens (tertiary/aromatic N) is 2. The van der Waals surface area contributed by atoms with Gasteiger partial charge in [0, 0.05) is 24.9 Å². The summed E-state index contributed by atoms with van der Waals surface area (Å²) in [7, 11) is 0. The van der Waals surface area contributed by atoms with E-state index in [4.69, 9.17) is 5.26 Å². The fourth-order valence-electron chi connectivity index (χ4n) is 1.75. The van der Waals surface area contributed by atoms with Crippen LogP contribution in [0, 0.1) is 11.3 Å². The van der Waals surface area contributed by atoms with Gasteiger partial charge in [0.15, 0.2) is 0 Å². The molecule has 1 aliphatic heterocycles. The monoisotopic (exact) mass is 173 g/mol. The predicted molar refractivity (Wildman–Crippen MR) is 49.2 cm³/mol. The zero-order valence-electron chi connectivity index (χ0n) is 7.33. The molecule has 0 amide bonds. The van der Waals surface area contributed by atoms with Crippen LogP contribution in [0.1, 0.15) is 23.5 Å². The highest BCUT2D eigenvalue weighted by molar-refractivity contribution is 5.37. The molecule has 1 unspecified atom stereocenters. The molecule has 1 aromatic heterocycles. The van der Waals surface area contributed by atoms with Crippen molar-refractivity contribution in [3.63, 3.8) is 0 Å². The Kier molecular flexibility index (Phi) is 2.24. The first-order valence-corrected chi connectivity index (χ1v) is 4.46. The minimum absolute atomic E-state index is 0.475. The molecule has 2 heterocycles. The normalized spacial score (nSPS) is 21.3. The molecule has 0 saturated carbocycles. The third kappa shape index (κ3) is 1.53. The van der Waals surface area contributed by atoms with Crippen LogP contribution < -0.4 is 5.32 Å². The smallest absolute Gasteiger partial charge is 0.0995 e. The molecule has 1 aromatic rings. The van der Waals surface area contributed by atoms with Gasteiger partial charge >= 0.3 is 0 Å². The van der Waals surface area contributed by atoms with E-state index in [2.05, 4.69) is 16.4 Å². The summed E-state index contributed by atoms with van der Waals surface area (Å²) in [6.07, 6.45) is 4.60. The van der Waals surface area contributed by atoms with Gasteiger partial charge in [-0.15, -0.1) is 0 Å². The molecule has 3 nitrogen and oxygen atoms in total. The molecule has 1 saturated heterocycles. The van der Waals surface area contributed by atoms with Crippen molar-refractivity contribution in [1.82, 2.24) is 10.3 Å². The molecule has 0 radical (unpaired) electrons. The van der Waals surface area contributed by atoms with Crippen molar-refractivity contribution in [1.29, 1.82) is 5.26 Å². The summed E-state index contributed by atoms with van der Waals surface area (Å²) < 4.78 is 0. The molecule has 1 atom stereocenters. The topological polar surface area (TPSA) is 48.7 Å². The van der Waals surface area contributed by atoms with Gasteiger partial charge in [-0.2, -0.15) is 5.26 Å².